The maximum absolute atomic E-state index is 12.4. The number of benzene rings is 3. The fourth-order valence-electron chi connectivity index (χ4n) is 3.25. The van der Waals surface area contributed by atoms with Crippen LogP contribution in [-0.2, 0) is 16.1 Å². The highest BCUT2D eigenvalue weighted by atomic mass is 16.7. The summed E-state index contributed by atoms with van der Waals surface area (Å²) in [5.74, 6) is -0.313. The van der Waals surface area contributed by atoms with Crippen molar-refractivity contribution >= 4 is 11.8 Å². The molecule has 2 atom stereocenters. The van der Waals surface area contributed by atoms with E-state index in [9.17, 15) is 9.59 Å². The Morgan fingerprint density at radius 3 is 1.85 bits per heavy atom. The Morgan fingerprint density at radius 1 is 0.758 bits per heavy atom. The van der Waals surface area contributed by atoms with Gasteiger partial charge in [-0.2, -0.15) is 0 Å². The minimum Gasteiger partial charge on any atom is -0.352 e. The molecule has 0 aliphatic carbocycles. The molecule has 172 valence electrons. The van der Waals surface area contributed by atoms with Crippen LogP contribution in [0.1, 0.15) is 39.6 Å². The van der Waals surface area contributed by atoms with Gasteiger partial charge in [0.1, 0.15) is 0 Å². The van der Waals surface area contributed by atoms with E-state index in [1.807, 2.05) is 73.7 Å². The Labute approximate surface area is 194 Å². The van der Waals surface area contributed by atoms with Crippen LogP contribution in [0.3, 0.4) is 0 Å². The first-order chi connectivity index (χ1) is 16.1. The van der Waals surface area contributed by atoms with Gasteiger partial charge in [-0.1, -0.05) is 66.7 Å². The predicted molar refractivity (Wildman–Crippen MR) is 128 cm³/mol. The van der Waals surface area contributed by atoms with Crippen molar-refractivity contribution < 1.29 is 19.1 Å². The lowest BCUT2D eigenvalue weighted by molar-refractivity contribution is -0.165. The standard InChI is InChI=1S/C27H30N2O4/c1-21(32-20-22-11-5-2-6-12-22)33-25(19-29-27(31)24-15-9-4-10-16-24)17-18-28-26(30)23-13-7-3-8-14-23/h2-16,21,25H,17-20H2,1H3,(H,28,30)(H,29,31). The highest BCUT2D eigenvalue weighted by Gasteiger charge is 2.17. The van der Waals surface area contributed by atoms with Gasteiger partial charge in [0.2, 0.25) is 0 Å². The smallest absolute Gasteiger partial charge is 0.251 e. The molecule has 0 saturated carbocycles. The lowest BCUT2D eigenvalue weighted by Gasteiger charge is -2.23. The molecule has 0 aliphatic heterocycles. The topological polar surface area (TPSA) is 76.7 Å². The number of carbonyl (C=O) groups excluding carboxylic acids is 2. The lowest BCUT2D eigenvalue weighted by atomic mass is 10.2. The third-order valence-electron chi connectivity index (χ3n) is 5.03. The molecule has 2 N–H and O–H groups in total. The van der Waals surface area contributed by atoms with Crippen LogP contribution in [0.2, 0.25) is 0 Å². The van der Waals surface area contributed by atoms with Crippen molar-refractivity contribution in [1.29, 1.82) is 0 Å². The van der Waals surface area contributed by atoms with E-state index in [0.29, 0.717) is 37.2 Å². The zero-order chi connectivity index (χ0) is 23.3. The van der Waals surface area contributed by atoms with Crippen LogP contribution in [0.15, 0.2) is 91.0 Å². The summed E-state index contributed by atoms with van der Waals surface area (Å²) in [6.07, 6.45) is -0.291. The van der Waals surface area contributed by atoms with Crippen molar-refractivity contribution in [2.45, 2.75) is 32.3 Å². The first-order valence-electron chi connectivity index (χ1n) is 11.1. The van der Waals surface area contributed by atoms with Gasteiger partial charge < -0.3 is 20.1 Å². The molecule has 0 radical (unpaired) electrons. The molecule has 0 aliphatic rings. The molecule has 6 heteroatoms. The van der Waals surface area contributed by atoms with Gasteiger partial charge in [-0.3, -0.25) is 9.59 Å². The Hall–Kier alpha value is -3.48. The van der Waals surface area contributed by atoms with Crippen LogP contribution in [0, 0.1) is 0 Å². The first-order valence-corrected chi connectivity index (χ1v) is 11.1. The van der Waals surface area contributed by atoms with Gasteiger partial charge in [0, 0.05) is 24.2 Å². The molecule has 0 fully saturated rings. The second kappa shape index (κ2) is 13.2. The molecule has 0 saturated heterocycles. The summed E-state index contributed by atoms with van der Waals surface area (Å²) in [7, 11) is 0. The first kappa shape index (κ1) is 24.2. The van der Waals surface area contributed by atoms with E-state index < -0.39 is 6.29 Å². The number of amides is 2. The number of rotatable bonds is 12. The maximum Gasteiger partial charge on any atom is 0.251 e. The molecule has 3 aromatic rings. The van der Waals surface area contributed by atoms with Gasteiger partial charge in [0.05, 0.1) is 12.7 Å². The van der Waals surface area contributed by atoms with Gasteiger partial charge in [-0.05, 0) is 43.2 Å². The molecule has 3 rings (SSSR count). The molecular weight excluding hydrogens is 416 g/mol. The highest BCUT2D eigenvalue weighted by Crippen LogP contribution is 2.09. The van der Waals surface area contributed by atoms with Crippen molar-refractivity contribution in [2.24, 2.45) is 0 Å². The zero-order valence-corrected chi connectivity index (χ0v) is 18.8. The summed E-state index contributed by atoms with van der Waals surface area (Å²) < 4.78 is 11.9. The van der Waals surface area contributed by atoms with E-state index in [4.69, 9.17) is 9.47 Å². The third kappa shape index (κ3) is 8.52. The van der Waals surface area contributed by atoms with Crippen molar-refractivity contribution in [2.75, 3.05) is 13.1 Å². The average Bonchev–Trinajstić information content (AvgIpc) is 2.87. The van der Waals surface area contributed by atoms with E-state index in [1.54, 1.807) is 24.3 Å². The summed E-state index contributed by atoms with van der Waals surface area (Å²) in [4.78, 5) is 24.8. The largest absolute Gasteiger partial charge is 0.352 e. The molecule has 2 unspecified atom stereocenters. The number of nitrogens with one attached hydrogen (secondary N) is 2. The summed E-state index contributed by atoms with van der Waals surface area (Å²) in [5.41, 5.74) is 2.24. The van der Waals surface area contributed by atoms with E-state index >= 15 is 0 Å². The molecular formula is C27H30N2O4. The summed E-state index contributed by atoms with van der Waals surface area (Å²) >= 11 is 0. The molecule has 6 nitrogen and oxygen atoms in total. The van der Waals surface area contributed by atoms with E-state index in [2.05, 4.69) is 10.6 Å². The number of hydrogen-bond donors (Lipinski definition) is 2. The van der Waals surface area contributed by atoms with Crippen LogP contribution in [-0.4, -0.2) is 37.3 Å². The lowest BCUT2D eigenvalue weighted by Crippen LogP contribution is -2.38. The van der Waals surface area contributed by atoms with Crippen molar-refractivity contribution in [3.63, 3.8) is 0 Å². The Morgan fingerprint density at radius 2 is 1.27 bits per heavy atom. The van der Waals surface area contributed by atoms with Crippen LogP contribution < -0.4 is 10.6 Å². The average molecular weight is 447 g/mol. The Bertz CT molecular complexity index is 981. The predicted octanol–water partition coefficient (Wildman–Crippen LogP) is 4.18. The van der Waals surface area contributed by atoms with E-state index in [1.165, 1.54) is 0 Å². The van der Waals surface area contributed by atoms with Crippen LogP contribution in [0.5, 0.6) is 0 Å². The maximum atomic E-state index is 12.4. The molecule has 0 heterocycles. The zero-order valence-electron chi connectivity index (χ0n) is 18.8. The minimum absolute atomic E-state index is 0.143. The normalized spacial score (nSPS) is 12.5. The monoisotopic (exact) mass is 446 g/mol. The number of carbonyl (C=O) groups is 2. The fraction of sp³-hybridized carbons (Fsp3) is 0.259. The second-order valence-corrected chi connectivity index (χ2v) is 7.61. The molecule has 0 aromatic heterocycles. The number of ether oxygens (including phenoxy) is 2. The van der Waals surface area contributed by atoms with Crippen molar-refractivity contribution in [3.05, 3.63) is 108 Å². The van der Waals surface area contributed by atoms with Gasteiger partial charge in [-0.25, -0.2) is 0 Å². The quantitative estimate of drug-likeness (QED) is 0.409. The SMILES string of the molecule is CC(OCc1ccccc1)OC(CCNC(=O)c1ccccc1)CNC(=O)c1ccccc1. The van der Waals surface area contributed by atoms with E-state index in [0.717, 1.165) is 5.56 Å². The molecule has 0 bridgehead atoms. The van der Waals surface area contributed by atoms with Gasteiger partial charge in [0.15, 0.2) is 6.29 Å². The molecule has 2 amide bonds. The molecule has 3 aromatic carbocycles. The van der Waals surface area contributed by atoms with E-state index in [-0.39, 0.29) is 17.9 Å². The molecule has 0 spiro atoms. The fourth-order valence-corrected chi connectivity index (χ4v) is 3.25. The molecule has 33 heavy (non-hydrogen) atoms. The van der Waals surface area contributed by atoms with Gasteiger partial charge in [0.25, 0.3) is 11.8 Å². The van der Waals surface area contributed by atoms with Crippen molar-refractivity contribution in [3.8, 4) is 0 Å². The number of hydrogen-bond acceptors (Lipinski definition) is 4. The Balaban J connectivity index is 1.52. The summed E-state index contributed by atoms with van der Waals surface area (Å²) in [6.45, 7) is 2.96. The van der Waals surface area contributed by atoms with Crippen LogP contribution >= 0.6 is 0 Å². The Kier molecular flexibility index (Phi) is 9.63. The van der Waals surface area contributed by atoms with Gasteiger partial charge in [-0.15, -0.1) is 0 Å². The third-order valence-corrected chi connectivity index (χ3v) is 5.03. The highest BCUT2D eigenvalue weighted by molar-refractivity contribution is 5.94. The minimum atomic E-state index is -0.478. The summed E-state index contributed by atoms with van der Waals surface area (Å²) in [6, 6.07) is 27.9. The van der Waals surface area contributed by atoms with Crippen molar-refractivity contribution in [1.82, 2.24) is 10.6 Å². The summed E-state index contributed by atoms with van der Waals surface area (Å²) in [5, 5.41) is 5.82. The van der Waals surface area contributed by atoms with Crippen LogP contribution in [0.4, 0.5) is 0 Å². The van der Waals surface area contributed by atoms with Crippen LogP contribution in [0.25, 0.3) is 0 Å². The van der Waals surface area contributed by atoms with Gasteiger partial charge >= 0.3 is 0 Å². The second-order valence-electron chi connectivity index (χ2n) is 7.61.